The topological polar surface area (TPSA) is 41.3 Å². The predicted molar refractivity (Wildman–Crippen MR) is 131 cm³/mol. The minimum Gasteiger partial charge on any atom is -0.396 e. The van der Waals surface area contributed by atoms with Crippen LogP contribution in [-0.2, 0) is 6.42 Å². The minimum atomic E-state index is -0.150. The van der Waals surface area contributed by atoms with Gasteiger partial charge in [0.15, 0.2) is 0 Å². The van der Waals surface area contributed by atoms with Gasteiger partial charge in [-0.05, 0) is 43.4 Å². The van der Waals surface area contributed by atoms with Gasteiger partial charge in [-0.1, -0.05) is 69.2 Å². The number of fused-ring (bicyclic) bond motifs is 1. The lowest BCUT2D eigenvalue weighted by atomic mass is 9.76. The van der Waals surface area contributed by atoms with Gasteiger partial charge in [-0.2, -0.15) is 5.10 Å². The number of rotatable bonds is 6. The number of likely N-dealkylation sites (tertiary alicyclic amines) is 1. The van der Waals surface area contributed by atoms with Crippen molar-refractivity contribution in [3.8, 4) is 0 Å². The molecule has 1 aliphatic heterocycles. The van der Waals surface area contributed by atoms with Crippen molar-refractivity contribution in [1.29, 1.82) is 0 Å². The van der Waals surface area contributed by atoms with Crippen molar-refractivity contribution in [3.05, 3.63) is 65.4 Å². The molecular weight excluding hydrogens is 394 g/mol. The number of aliphatic hydroxyl groups is 1. The van der Waals surface area contributed by atoms with E-state index in [9.17, 15) is 5.11 Å². The Hall–Kier alpha value is -2.17. The average Bonchev–Trinajstić information content (AvgIpc) is 3.56. The summed E-state index contributed by atoms with van der Waals surface area (Å²) in [6.07, 6.45) is 6.07. The maximum atomic E-state index is 10.5. The van der Waals surface area contributed by atoms with E-state index < -0.39 is 0 Å². The van der Waals surface area contributed by atoms with E-state index in [1.165, 1.54) is 53.4 Å². The first-order chi connectivity index (χ1) is 15.5. The Morgan fingerprint density at radius 1 is 1.12 bits per heavy atom. The van der Waals surface area contributed by atoms with Gasteiger partial charge in [-0.25, -0.2) is 0 Å². The summed E-state index contributed by atoms with van der Waals surface area (Å²) < 4.78 is 2.33. The van der Waals surface area contributed by atoms with Crippen LogP contribution in [0.1, 0.15) is 81.3 Å². The normalized spacial score (nSPS) is 25.7. The highest BCUT2D eigenvalue weighted by molar-refractivity contribution is 5.83. The summed E-state index contributed by atoms with van der Waals surface area (Å²) in [4.78, 5) is 2.55. The molecule has 3 unspecified atom stereocenters. The van der Waals surface area contributed by atoms with Gasteiger partial charge in [0, 0.05) is 35.9 Å². The molecule has 4 nitrogen and oxygen atoms in total. The molecule has 4 heteroatoms. The van der Waals surface area contributed by atoms with Crippen LogP contribution in [0.2, 0.25) is 0 Å². The second kappa shape index (κ2) is 8.64. The van der Waals surface area contributed by atoms with Gasteiger partial charge >= 0.3 is 0 Å². The summed E-state index contributed by atoms with van der Waals surface area (Å²) in [7, 11) is 0. The number of aromatic nitrogens is 2. The van der Waals surface area contributed by atoms with Gasteiger partial charge in [0.25, 0.3) is 0 Å². The number of hydrogen-bond acceptors (Lipinski definition) is 3. The van der Waals surface area contributed by atoms with Crippen molar-refractivity contribution >= 4 is 10.9 Å². The SMILES string of the molecule is CCc1nn(C2CCCC2)c2cc(C3CN(C(C)c4ccccc4)CC3(C)CO)ccc12. The summed E-state index contributed by atoms with van der Waals surface area (Å²) in [6.45, 7) is 8.83. The van der Waals surface area contributed by atoms with Crippen molar-refractivity contribution in [3.63, 3.8) is 0 Å². The Morgan fingerprint density at radius 3 is 2.56 bits per heavy atom. The zero-order valence-electron chi connectivity index (χ0n) is 19.8. The van der Waals surface area contributed by atoms with Crippen LogP contribution in [0, 0.1) is 5.41 Å². The lowest BCUT2D eigenvalue weighted by molar-refractivity contribution is 0.126. The zero-order valence-corrected chi connectivity index (χ0v) is 19.8. The first-order valence-corrected chi connectivity index (χ1v) is 12.4. The van der Waals surface area contributed by atoms with E-state index in [1.807, 2.05) is 0 Å². The summed E-state index contributed by atoms with van der Waals surface area (Å²) in [5.41, 5.74) is 5.05. The molecule has 2 aliphatic rings. The number of nitrogens with zero attached hydrogens (tertiary/aromatic N) is 3. The van der Waals surface area contributed by atoms with Gasteiger partial charge in [0.05, 0.1) is 23.9 Å². The summed E-state index contributed by atoms with van der Waals surface area (Å²) in [6, 6.07) is 18.6. The molecule has 0 amide bonds. The summed E-state index contributed by atoms with van der Waals surface area (Å²) >= 11 is 0. The molecule has 0 bridgehead atoms. The molecule has 1 aromatic heterocycles. The highest BCUT2D eigenvalue weighted by atomic mass is 16.3. The molecule has 1 N–H and O–H groups in total. The third-order valence-corrected chi connectivity index (χ3v) is 8.23. The Bertz CT molecular complexity index is 1070. The fourth-order valence-electron chi connectivity index (χ4n) is 6.12. The Labute approximate surface area is 192 Å². The van der Waals surface area contributed by atoms with Gasteiger partial charge in [-0.15, -0.1) is 0 Å². The van der Waals surface area contributed by atoms with E-state index in [0.717, 1.165) is 19.5 Å². The fourth-order valence-corrected chi connectivity index (χ4v) is 6.12. The molecule has 170 valence electrons. The van der Waals surface area contributed by atoms with Crippen LogP contribution in [-0.4, -0.2) is 39.5 Å². The second-order valence-corrected chi connectivity index (χ2v) is 10.3. The highest BCUT2D eigenvalue weighted by Crippen LogP contribution is 2.46. The van der Waals surface area contributed by atoms with E-state index in [1.54, 1.807) is 0 Å². The van der Waals surface area contributed by atoms with Gasteiger partial charge < -0.3 is 5.11 Å². The second-order valence-electron chi connectivity index (χ2n) is 10.3. The number of aliphatic hydroxyl groups excluding tert-OH is 1. The third-order valence-electron chi connectivity index (χ3n) is 8.23. The first kappa shape index (κ1) is 21.7. The van der Waals surface area contributed by atoms with Crippen molar-refractivity contribution in [2.24, 2.45) is 5.41 Å². The largest absolute Gasteiger partial charge is 0.396 e. The summed E-state index contributed by atoms with van der Waals surface area (Å²) in [5.74, 6) is 0.306. The molecule has 1 saturated heterocycles. The first-order valence-electron chi connectivity index (χ1n) is 12.4. The summed E-state index contributed by atoms with van der Waals surface area (Å²) in [5, 5.41) is 16.8. The molecule has 1 aliphatic carbocycles. The molecular formula is C28H37N3O. The van der Waals surface area contributed by atoms with Crippen LogP contribution in [0.3, 0.4) is 0 Å². The molecule has 2 heterocycles. The monoisotopic (exact) mass is 431 g/mol. The van der Waals surface area contributed by atoms with Gasteiger partial charge in [0.1, 0.15) is 0 Å². The molecule has 2 aromatic carbocycles. The van der Waals surface area contributed by atoms with Crippen LogP contribution < -0.4 is 0 Å². The highest BCUT2D eigenvalue weighted by Gasteiger charge is 2.45. The van der Waals surface area contributed by atoms with Crippen LogP contribution >= 0.6 is 0 Å². The number of hydrogen-bond donors (Lipinski definition) is 1. The van der Waals surface area contributed by atoms with Crippen molar-refractivity contribution in [1.82, 2.24) is 14.7 Å². The molecule has 0 spiro atoms. The minimum absolute atomic E-state index is 0.150. The molecule has 5 rings (SSSR count). The Kier molecular flexibility index (Phi) is 5.85. The Morgan fingerprint density at radius 2 is 1.88 bits per heavy atom. The van der Waals surface area contributed by atoms with Crippen molar-refractivity contribution in [2.75, 3.05) is 19.7 Å². The zero-order chi connectivity index (χ0) is 22.3. The van der Waals surface area contributed by atoms with Crippen LogP contribution in [0.15, 0.2) is 48.5 Å². The third kappa shape index (κ3) is 3.68. The van der Waals surface area contributed by atoms with Crippen LogP contribution in [0.25, 0.3) is 10.9 Å². The lowest BCUT2D eigenvalue weighted by Crippen LogP contribution is -2.31. The number of aryl methyl sites for hydroxylation is 1. The van der Waals surface area contributed by atoms with Gasteiger partial charge in [0.2, 0.25) is 0 Å². The maximum Gasteiger partial charge on any atom is 0.0700 e. The predicted octanol–water partition coefficient (Wildman–Crippen LogP) is 5.87. The molecule has 3 aromatic rings. The quantitative estimate of drug-likeness (QED) is 0.530. The van der Waals surface area contributed by atoms with Gasteiger partial charge in [-0.3, -0.25) is 9.58 Å². The molecule has 1 saturated carbocycles. The fraction of sp³-hybridized carbons (Fsp3) is 0.536. The molecule has 2 fully saturated rings. The van der Waals surface area contributed by atoms with Crippen molar-refractivity contribution in [2.45, 2.75) is 70.9 Å². The van der Waals surface area contributed by atoms with Crippen LogP contribution in [0.4, 0.5) is 0 Å². The number of benzene rings is 2. The molecule has 0 radical (unpaired) electrons. The Balaban J connectivity index is 1.51. The standard InChI is InChI=1S/C28H37N3O/c1-4-26-24-15-14-22(16-27(24)31(29-26)23-12-8-9-13-23)25-17-30(18-28(25,3)19-32)20(2)21-10-6-5-7-11-21/h5-7,10-11,14-16,20,23,25,32H,4,8-9,12-13,17-19H2,1-3H3. The maximum absolute atomic E-state index is 10.5. The molecule has 32 heavy (non-hydrogen) atoms. The van der Waals surface area contributed by atoms with E-state index in [4.69, 9.17) is 5.10 Å². The average molecular weight is 432 g/mol. The van der Waals surface area contributed by atoms with E-state index in [0.29, 0.717) is 18.0 Å². The van der Waals surface area contributed by atoms with Crippen molar-refractivity contribution < 1.29 is 5.11 Å². The lowest BCUT2D eigenvalue weighted by Gasteiger charge is -2.29. The smallest absolute Gasteiger partial charge is 0.0700 e. The van der Waals surface area contributed by atoms with E-state index in [-0.39, 0.29) is 12.0 Å². The van der Waals surface area contributed by atoms with Crippen LogP contribution in [0.5, 0.6) is 0 Å². The molecule has 3 atom stereocenters. The van der Waals surface area contributed by atoms with E-state index in [2.05, 4.69) is 78.9 Å². The van der Waals surface area contributed by atoms with E-state index >= 15 is 0 Å².